The molecule has 2 aliphatic heterocycles. The lowest BCUT2D eigenvalue weighted by molar-refractivity contribution is -0.277. The molecular weight excluding hydrogens is 556 g/mol. The first-order chi connectivity index (χ1) is 20.4. The minimum Gasteiger partial charge on any atom is -0.462 e. The van der Waals surface area contributed by atoms with Gasteiger partial charge in [-0.25, -0.2) is 4.79 Å². The van der Waals surface area contributed by atoms with E-state index in [1.165, 1.54) is 0 Å². The predicted octanol–water partition coefficient (Wildman–Crippen LogP) is 1.99. The van der Waals surface area contributed by atoms with Crippen LogP contribution in [0.1, 0.15) is 45.1 Å². The molecule has 1 saturated heterocycles. The second-order valence-corrected chi connectivity index (χ2v) is 12.7. The minimum absolute atomic E-state index is 0.0115. The molecule has 10 heteroatoms. The summed E-state index contributed by atoms with van der Waals surface area (Å²) in [6.45, 7) is 7.87. The topological polar surface area (TPSA) is 166 Å². The van der Waals surface area contributed by atoms with Gasteiger partial charge in [-0.15, -0.1) is 0 Å². The Morgan fingerprint density at radius 2 is 1.77 bits per heavy atom. The summed E-state index contributed by atoms with van der Waals surface area (Å²) in [4.78, 5) is 12.7. The number of rotatable bonds is 7. The zero-order valence-electron chi connectivity index (χ0n) is 24.5. The fourth-order valence-corrected chi connectivity index (χ4v) is 7.39. The van der Waals surface area contributed by atoms with Crippen molar-refractivity contribution in [2.24, 2.45) is 22.7 Å². The Bertz CT molecular complexity index is 1300. The van der Waals surface area contributed by atoms with E-state index in [4.69, 9.17) is 14.2 Å². The molecule has 1 aromatic carbocycles. The van der Waals surface area contributed by atoms with Crippen LogP contribution >= 0.6 is 0 Å². The van der Waals surface area contributed by atoms with E-state index in [0.29, 0.717) is 29.1 Å². The van der Waals surface area contributed by atoms with Crippen molar-refractivity contribution in [3.05, 3.63) is 71.5 Å². The van der Waals surface area contributed by atoms with Crippen molar-refractivity contribution >= 4 is 12.0 Å². The molecule has 0 amide bonds. The Morgan fingerprint density at radius 1 is 1.05 bits per heavy atom. The lowest BCUT2D eigenvalue weighted by Crippen LogP contribution is -2.60. The first kappa shape index (κ1) is 31.6. The SMILES string of the molecule is C=C1CCC2C(C)(CO)C(O)CCC2(C)C1/C=C/C1=CC(=C\c2ccc(OC3OC(CO)C(O)C(O)C3O)cc2)/OC1=O. The number of fused-ring (bicyclic) bond motifs is 1. The van der Waals surface area contributed by atoms with E-state index in [2.05, 4.69) is 13.5 Å². The van der Waals surface area contributed by atoms with Crippen LogP contribution in [0.2, 0.25) is 0 Å². The summed E-state index contributed by atoms with van der Waals surface area (Å²) >= 11 is 0. The lowest BCUT2D eigenvalue weighted by atomic mass is 9.46. The third-order valence-electron chi connectivity index (χ3n) is 10.1. The molecule has 5 rings (SSSR count). The third kappa shape index (κ3) is 5.85. The van der Waals surface area contributed by atoms with Crippen LogP contribution in [0.15, 0.2) is 66.0 Å². The standard InChI is InChI=1S/C33H42O10/c1-18-4-11-25-32(2,13-12-26(36)33(25,3)17-35)23(18)10-7-20-15-22(41-30(20)40)14-19-5-8-21(9-6-19)42-31-29(39)28(38)27(37)24(16-34)43-31/h5-10,14-15,23-29,31,34-39H,1,4,11-13,16-17H2,2-3H3/b10-7+,22-14+. The Balaban J connectivity index is 1.28. The molecule has 0 aromatic heterocycles. The van der Waals surface area contributed by atoms with E-state index >= 15 is 0 Å². The highest BCUT2D eigenvalue weighted by Crippen LogP contribution is 2.61. The second kappa shape index (κ2) is 12.3. The van der Waals surface area contributed by atoms with Crippen LogP contribution < -0.4 is 4.74 Å². The van der Waals surface area contributed by atoms with E-state index in [9.17, 15) is 35.4 Å². The molecule has 43 heavy (non-hydrogen) atoms. The van der Waals surface area contributed by atoms with Crippen LogP contribution in [0.4, 0.5) is 0 Å². The van der Waals surface area contributed by atoms with Crippen LogP contribution in [0, 0.1) is 22.7 Å². The van der Waals surface area contributed by atoms with Gasteiger partial charge in [0.2, 0.25) is 6.29 Å². The number of cyclic esters (lactones) is 1. The van der Waals surface area contributed by atoms with Crippen molar-refractivity contribution < 1.29 is 49.6 Å². The highest BCUT2D eigenvalue weighted by molar-refractivity contribution is 5.96. The molecule has 234 valence electrons. The highest BCUT2D eigenvalue weighted by atomic mass is 16.7. The summed E-state index contributed by atoms with van der Waals surface area (Å²) in [7, 11) is 0. The molecule has 2 aliphatic carbocycles. The number of aliphatic hydroxyl groups excluding tert-OH is 6. The molecule has 1 aromatic rings. The van der Waals surface area contributed by atoms with Crippen LogP contribution in [-0.2, 0) is 14.3 Å². The monoisotopic (exact) mass is 598 g/mol. The summed E-state index contributed by atoms with van der Waals surface area (Å²) in [6, 6.07) is 6.65. The van der Waals surface area contributed by atoms with Crippen molar-refractivity contribution in [3.8, 4) is 5.75 Å². The van der Waals surface area contributed by atoms with Gasteiger partial charge in [0.15, 0.2) is 0 Å². The molecule has 0 spiro atoms. The third-order valence-corrected chi connectivity index (χ3v) is 10.1. The van der Waals surface area contributed by atoms with E-state index in [-0.39, 0.29) is 23.9 Å². The molecule has 4 aliphatic rings. The van der Waals surface area contributed by atoms with Crippen molar-refractivity contribution in [2.75, 3.05) is 13.2 Å². The maximum absolute atomic E-state index is 12.7. The number of allylic oxidation sites excluding steroid dienone is 3. The minimum atomic E-state index is -1.54. The molecule has 0 radical (unpaired) electrons. The van der Waals surface area contributed by atoms with Crippen molar-refractivity contribution in [1.29, 1.82) is 0 Å². The highest BCUT2D eigenvalue weighted by Gasteiger charge is 2.57. The second-order valence-electron chi connectivity index (χ2n) is 12.7. The van der Waals surface area contributed by atoms with Crippen LogP contribution in [0.3, 0.4) is 0 Å². The van der Waals surface area contributed by atoms with Gasteiger partial charge in [0.25, 0.3) is 0 Å². The van der Waals surface area contributed by atoms with E-state index < -0.39 is 54.8 Å². The van der Waals surface area contributed by atoms with Crippen LogP contribution in [-0.4, -0.2) is 86.6 Å². The molecular formula is C33H42O10. The number of benzene rings is 1. The number of aliphatic hydroxyl groups is 6. The first-order valence-electron chi connectivity index (χ1n) is 14.8. The zero-order chi connectivity index (χ0) is 31.1. The fraction of sp³-hybridized carbons (Fsp3) is 0.545. The first-order valence-corrected chi connectivity index (χ1v) is 14.8. The molecule has 2 heterocycles. The summed E-state index contributed by atoms with van der Waals surface area (Å²) in [5.74, 6) is 0.324. The molecule has 10 atom stereocenters. The number of carbonyl (C=O) groups is 1. The number of hydrogen-bond acceptors (Lipinski definition) is 10. The Kier molecular flexibility index (Phi) is 9.02. The van der Waals surface area contributed by atoms with E-state index in [0.717, 1.165) is 24.8 Å². The number of hydrogen-bond donors (Lipinski definition) is 6. The predicted molar refractivity (Wildman–Crippen MR) is 156 cm³/mol. The number of carbonyl (C=O) groups excluding carboxylic acids is 1. The van der Waals surface area contributed by atoms with Crippen molar-refractivity contribution in [2.45, 2.75) is 76.3 Å². The molecule has 10 unspecified atom stereocenters. The molecule has 0 bridgehead atoms. The average Bonchev–Trinajstić information content (AvgIpc) is 3.34. The smallest absolute Gasteiger partial charge is 0.343 e. The Labute approximate surface area is 251 Å². The van der Waals surface area contributed by atoms with E-state index in [1.54, 1.807) is 42.5 Å². The quantitative estimate of drug-likeness (QED) is 0.202. The summed E-state index contributed by atoms with van der Waals surface area (Å²) < 4.78 is 16.5. The molecule has 3 fully saturated rings. The Morgan fingerprint density at radius 3 is 2.44 bits per heavy atom. The summed E-state index contributed by atoms with van der Waals surface area (Å²) in [6.07, 6.45) is 2.78. The van der Waals surface area contributed by atoms with Gasteiger partial charge in [-0.1, -0.05) is 50.3 Å². The van der Waals surface area contributed by atoms with Crippen molar-refractivity contribution in [3.63, 3.8) is 0 Å². The number of esters is 1. The number of ether oxygens (including phenoxy) is 3. The van der Waals surface area contributed by atoms with Gasteiger partial charge in [0.05, 0.1) is 24.9 Å². The molecule has 10 nitrogen and oxygen atoms in total. The van der Waals surface area contributed by atoms with Gasteiger partial charge in [-0.2, -0.15) is 0 Å². The summed E-state index contributed by atoms with van der Waals surface area (Å²) in [5.41, 5.74) is 1.42. The fourth-order valence-electron chi connectivity index (χ4n) is 7.39. The maximum atomic E-state index is 12.7. The molecule has 6 N–H and O–H groups in total. The van der Waals surface area contributed by atoms with Gasteiger partial charge in [-0.3, -0.25) is 0 Å². The summed E-state index contributed by atoms with van der Waals surface area (Å²) in [5, 5.41) is 60.4. The van der Waals surface area contributed by atoms with Gasteiger partial charge in [0.1, 0.15) is 35.9 Å². The zero-order valence-corrected chi connectivity index (χ0v) is 24.5. The lowest BCUT2D eigenvalue weighted by Gasteiger charge is -2.59. The van der Waals surface area contributed by atoms with Gasteiger partial charge >= 0.3 is 5.97 Å². The van der Waals surface area contributed by atoms with Gasteiger partial charge in [0, 0.05) is 11.3 Å². The average molecular weight is 599 g/mol. The maximum Gasteiger partial charge on any atom is 0.343 e. The Hall–Kier alpha value is -2.83. The van der Waals surface area contributed by atoms with Crippen LogP contribution in [0.25, 0.3) is 6.08 Å². The largest absolute Gasteiger partial charge is 0.462 e. The van der Waals surface area contributed by atoms with Gasteiger partial charge in [-0.05, 0) is 66.9 Å². The van der Waals surface area contributed by atoms with Crippen LogP contribution in [0.5, 0.6) is 5.75 Å². The molecule has 2 saturated carbocycles. The normalized spacial score (nSPS) is 40.8. The van der Waals surface area contributed by atoms with E-state index in [1.807, 2.05) is 13.0 Å². The van der Waals surface area contributed by atoms with Crippen molar-refractivity contribution in [1.82, 2.24) is 0 Å². The van der Waals surface area contributed by atoms with Gasteiger partial charge < -0.3 is 44.8 Å².